The molecule has 0 amide bonds. The third-order valence-electron chi connectivity index (χ3n) is 3.97. The maximum absolute atomic E-state index is 6.06. The Morgan fingerprint density at radius 1 is 1.06 bits per heavy atom. The van der Waals surface area contributed by atoms with Crippen LogP contribution < -0.4 is 5.32 Å². The fourth-order valence-electron chi connectivity index (χ4n) is 2.68. The molecule has 0 aromatic carbocycles. The second-order valence-corrected chi connectivity index (χ2v) is 5.11. The number of hydrogen-bond donors (Lipinski definition) is 1. The average molecular weight is 243 g/mol. The van der Waals surface area contributed by atoms with Crippen LogP contribution in [0.25, 0.3) is 0 Å². The standard InChI is InChI=1S/C15H33NO/c1-7-12-16-14(13(8-2)9-3)15(6,10-4)17-11-5/h13-14,16H,7-12H2,1-6H3. The first-order chi connectivity index (χ1) is 8.09. The fraction of sp³-hybridized carbons (Fsp3) is 1.00. The van der Waals surface area contributed by atoms with Gasteiger partial charge in [0.25, 0.3) is 0 Å². The minimum Gasteiger partial charge on any atom is -0.374 e. The lowest BCUT2D eigenvalue weighted by Gasteiger charge is -2.41. The van der Waals surface area contributed by atoms with Crippen LogP contribution in [-0.4, -0.2) is 24.8 Å². The summed E-state index contributed by atoms with van der Waals surface area (Å²) in [6, 6.07) is 0.474. The first-order valence-corrected chi connectivity index (χ1v) is 7.46. The van der Waals surface area contributed by atoms with Gasteiger partial charge in [-0.25, -0.2) is 0 Å². The van der Waals surface area contributed by atoms with Crippen LogP contribution in [0.5, 0.6) is 0 Å². The summed E-state index contributed by atoms with van der Waals surface area (Å²) in [7, 11) is 0. The highest BCUT2D eigenvalue weighted by atomic mass is 16.5. The molecule has 0 fully saturated rings. The van der Waals surface area contributed by atoms with Crippen molar-refractivity contribution in [3.05, 3.63) is 0 Å². The molecular weight excluding hydrogens is 210 g/mol. The molecule has 0 heterocycles. The minimum atomic E-state index is -0.0272. The third-order valence-corrected chi connectivity index (χ3v) is 3.97. The summed E-state index contributed by atoms with van der Waals surface area (Å²) in [5, 5.41) is 3.72. The van der Waals surface area contributed by atoms with Crippen molar-refractivity contribution in [3.8, 4) is 0 Å². The summed E-state index contributed by atoms with van der Waals surface area (Å²) in [5.74, 6) is 0.707. The van der Waals surface area contributed by atoms with E-state index in [1.54, 1.807) is 0 Å². The van der Waals surface area contributed by atoms with Gasteiger partial charge < -0.3 is 10.1 Å². The first kappa shape index (κ1) is 16.9. The van der Waals surface area contributed by atoms with Crippen molar-refractivity contribution in [2.24, 2.45) is 5.92 Å². The molecule has 0 bridgehead atoms. The number of rotatable bonds is 10. The molecule has 2 heteroatoms. The van der Waals surface area contributed by atoms with Gasteiger partial charge in [0, 0.05) is 12.6 Å². The first-order valence-electron chi connectivity index (χ1n) is 7.46. The molecule has 0 saturated heterocycles. The number of nitrogens with one attached hydrogen (secondary N) is 1. The van der Waals surface area contributed by atoms with E-state index >= 15 is 0 Å². The molecule has 17 heavy (non-hydrogen) atoms. The van der Waals surface area contributed by atoms with Crippen LogP contribution in [0.2, 0.25) is 0 Å². The minimum absolute atomic E-state index is 0.0272. The van der Waals surface area contributed by atoms with Crippen molar-refractivity contribution in [2.75, 3.05) is 13.2 Å². The molecule has 2 unspecified atom stereocenters. The highest BCUT2D eigenvalue weighted by Gasteiger charge is 2.36. The molecule has 0 aliphatic carbocycles. The summed E-state index contributed by atoms with van der Waals surface area (Å²) in [4.78, 5) is 0. The summed E-state index contributed by atoms with van der Waals surface area (Å²) in [5.41, 5.74) is -0.0272. The normalized spacial score (nSPS) is 17.1. The fourth-order valence-corrected chi connectivity index (χ4v) is 2.68. The summed E-state index contributed by atoms with van der Waals surface area (Å²) < 4.78 is 6.06. The Morgan fingerprint density at radius 3 is 2.00 bits per heavy atom. The van der Waals surface area contributed by atoms with Crippen molar-refractivity contribution in [2.45, 2.75) is 78.9 Å². The lowest BCUT2D eigenvalue weighted by atomic mass is 9.80. The zero-order valence-corrected chi connectivity index (χ0v) is 12.8. The topological polar surface area (TPSA) is 21.3 Å². The predicted molar refractivity (Wildman–Crippen MR) is 76.5 cm³/mol. The zero-order valence-electron chi connectivity index (χ0n) is 12.8. The molecule has 0 aromatic rings. The molecular formula is C15H33NO. The molecule has 0 aliphatic heterocycles. The largest absolute Gasteiger partial charge is 0.374 e. The number of hydrogen-bond acceptors (Lipinski definition) is 2. The van der Waals surface area contributed by atoms with Gasteiger partial charge in [-0.2, -0.15) is 0 Å². The van der Waals surface area contributed by atoms with E-state index in [-0.39, 0.29) is 5.60 Å². The Kier molecular flexibility index (Phi) is 8.89. The molecule has 0 spiro atoms. The smallest absolute Gasteiger partial charge is 0.0806 e. The highest BCUT2D eigenvalue weighted by molar-refractivity contribution is 4.92. The molecule has 0 aliphatic rings. The SMILES string of the molecule is CCCNC(C(CC)CC)C(C)(CC)OCC. The van der Waals surface area contributed by atoms with E-state index in [0.717, 1.165) is 19.6 Å². The average Bonchev–Trinajstić information content (AvgIpc) is 2.34. The van der Waals surface area contributed by atoms with Crippen molar-refractivity contribution >= 4 is 0 Å². The van der Waals surface area contributed by atoms with E-state index in [9.17, 15) is 0 Å². The Bertz CT molecular complexity index is 180. The van der Waals surface area contributed by atoms with E-state index < -0.39 is 0 Å². The maximum Gasteiger partial charge on any atom is 0.0806 e. The Hall–Kier alpha value is -0.0800. The van der Waals surface area contributed by atoms with Crippen molar-refractivity contribution in [3.63, 3.8) is 0 Å². The van der Waals surface area contributed by atoms with Gasteiger partial charge in [0.05, 0.1) is 5.60 Å². The van der Waals surface area contributed by atoms with Gasteiger partial charge in [-0.3, -0.25) is 0 Å². The van der Waals surface area contributed by atoms with Crippen LogP contribution in [0.4, 0.5) is 0 Å². The van der Waals surface area contributed by atoms with E-state index in [0.29, 0.717) is 12.0 Å². The lowest BCUT2D eigenvalue weighted by Crippen LogP contribution is -2.54. The van der Waals surface area contributed by atoms with Crippen molar-refractivity contribution < 1.29 is 4.74 Å². The van der Waals surface area contributed by atoms with Crippen LogP contribution in [0.1, 0.15) is 67.2 Å². The van der Waals surface area contributed by atoms with Gasteiger partial charge in [-0.1, -0.05) is 40.5 Å². The predicted octanol–water partition coefficient (Wildman–Crippen LogP) is 4.00. The second-order valence-electron chi connectivity index (χ2n) is 5.11. The van der Waals surface area contributed by atoms with Gasteiger partial charge in [-0.05, 0) is 39.2 Å². The van der Waals surface area contributed by atoms with Gasteiger partial charge in [0.15, 0.2) is 0 Å². The summed E-state index contributed by atoms with van der Waals surface area (Å²) in [6.45, 7) is 15.3. The molecule has 1 N–H and O–H groups in total. The maximum atomic E-state index is 6.06. The quantitative estimate of drug-likeness (QED) is 0.626. The Balaban J connectivity index is 4.83. The molecule has 0 rings (SSSR count). The molecule has 0 aromatic heterocycles. The third kappa shape index (κ3) is 4.97. The van der Waals surface area contributed by atoms with Crippen LogP contribution >= 0.6 is 0 Å². The van der Waals surface area contributed by atoms with E-state index in [4.69, 9.17) is 4.74 Å². The van der Waals surface area contributed by atoms with Crippen LogP contribution in [0, 0.1) is 5.92 Å². The monoisotopic (exact) mass is 243 g/mol. The van der Waals surface area contributed by atoms with Crippen molar-refractivity contribution in [1.29, 1.82) is 0 Å². The van der Waals surface area contributed by atoms with E-state index in [1.165, 1.54) is 19.3 Å². The van der Waals surface area contributed by atoms with Gasteiger partial charge >= 0.3 is 0 Å². The number of ether oxygens (including phenoxy) is 1. The Labute approximate surface area is 109 Å². The highest BCUT2D eigenvalue weighted by Crippen LogP contribution is 2.29. The van der Waals surface area contributed by atoms with Gasteiger partial charge in [0.2, 0.25) is 0 Å². The zero-order chi connectivity index (χ0) is 13.3. The molecule has 2 atom stereocenters. The second kappa shape index (κ2) is 8.93. The van der Waals surface area contributed by atoms with Gasteiger partial charge in [0.1, 0.15) is 0 Å². The summed E-state index contributed by atoms with van der Waals surface area (Å²) in [6.07, 6.45) is 4.70. The molecule has 0 radical (unpaired) electrons. The van der Waals surface area contributed by atoms with Crippen LogP contribution in [0.3, 0.4) is 0 Å². The molecule has 104 valence electrons. The molecule has 0 saturated carbocycles. The van der Waals surface area contributed by atoms with E-state index in [2.05, 4.69) is 46.9 Å². The lowest BCUT2D eigenvalue weighted by molar-refractivity contribution is -0.0701. The van der Waals surface area contributed by atoms with Crippen LogP contribution in [-0.2, 0) is 4.74 Å². The van der Waals surface area contributed by atoms with E-state index in [1.807, 2.05) is 0 Å². The van der Waals surface area contributed by atoms with Crippen molar-refractivity contribution in [1.82, 2.24) is 5.32 Å². The Morgan fingerprint density at radius 2 is 1.65 bits per heavy atom. The molecule has 2 nitrogen and oxygen atoms in total. The summed E-state index contributed by atoms with van der Waals surface area (Å²) >= 11 is 0. The van der Waals surface area contributed by atoms with Crippen LogP contribution in [0.15, 0.2) is 0 Å². The van der Waals surface area contributed by atoms with Gasteiger partial charge in [-0.15, -0.1) is 0 Å².